The fraction of sp³-hybridized carbons (Fsp3) is 0.609. The lowest BCUT2D eigenvalue weighted by atomic mass is 9.96. The van der Waals surface area contributed by atoms with Crippen LogP contribution in [0.25, 0.3) is 0 Å². The van der Waals surface area contributed by atoms with Crippen molar-refractivity contribution in [3.63, 3.8) is 0 Å². The Morgan fingerprint density at radius 3 is 2.66 bits per heavy atom. The highest BCUT2D eigenvalue weighted by Gasteiger charge is 2.21. The maximum absolute atomic E-state index is 12.2. The number of carbonyl (C=O) groups is 1. The van der Waals surface area contributed by atoms with Crippen LogP contribution in [0.2, 0.25) is 0 Å². The fourth-order valence-corrected chi connectivity index (χ4v) is 3.61. The van der Waals surface area contributed by atoms with Crippen LogP contribution in [0.15, 0.2) is 28.8 Å². The Morgan fingerprint density at radius 2 is 2.00 bits per heavy atom. The van der Waals surface area contributed by atoms with Crippen molar-refractivity contribution >= 4 is 11.6 Å². The summed E-state index contributed by atoms with van der Waals surface area (Å²) in [6.45, 7) is 10.6. The summed E-state index contributed by atoms with van der Waals surface area (Å²) in [5.41, 5.74) is 2.01. The maximum atomic E-state index is 12.2. The number of aryl methyl sites for hydroxylation is 1. The van der Waals surface area contributed by atoms with E-state index in [1.807, 2.05) is 32.9 Å². The molecule has 0 aliphatic carbocycles. The average Bonchev–Trinajstić information content (AvgIpc) is 3.15. The third-order valence-electron chi connectivity index (χ3n) is 5.50. The van der Waals surface area contributed by atoms with Gasteiger partial charge in [0, 0.05) is 36.5 Å². The van der Waals surface area contributed by atoms with Gasteiger partial charge in [0.05, 0.1) is 0 Å². The molecule has 1 atom stereocenters. The van der Waals surface area contributed by atoms with Crippen molar-refractivity contribution in [2.24, 2.45) is 0 Å². The molecule has 0 spiro atoms. The fourth-order valence-electron chi connectivity index (χ4n) is 3.61. The Morgan fingerprint density at radius 1 is 1.24 bits per heavy atom. The number of benzene rings is 1. The molecule has 1 N–H and O–H groups in total. The molecule has 0 saturated carbocycles. The third kappa shape index (κ3) is 6.39. The van der Waals surface area contributed by atoms with Crippen LogP contribution in [0.1, 0.15) is 77.1 Å². The van der Waals surface area contributed by atoms with Gasteiger partial charge in [-0.05, 0) is 50.4 Å². The van der Waals surface area contributed by atoms with Gasteiger partial charge >= 0.3 is 0 Å². The molecule has 1 aromatic heterocycles. The molecule has 2 aromatic rings. The topological polar surface area (TPSA) is 71.3 Å². The first kappa shape index (κ1) is 21.5. The molecule has 3 rings (SSSR count). The monoisotopic (exact) mass is 398 g/mol. The minimum absolute atomic E-state index is 0.0120. The van der Waals surface area contributed by atoms with Crippen LogP contribution in [0, 0.1) is 0 Å². The van der Waals surface area contributed by atoms with E-state index in [1.54, 1.807) is 0 Å². The molecule has 2 heterocycles. The number of hydrogen-bond acceptors (Lipinski definition) is 5. The van der Waals surface area contributed by atoms with Gasteiger partial charge in [0.25, 0.3) is 0 Å². The van der Waals surface area contributed by atoms with Crippen LogP contribution < -0.4 is 5.32 Å². The van der Waals surface area contributed by atoms with Gasteiger partial charge in [-0.3, -0.25) is 9.69 Å². The van der Waals surface area contributed by atoms with E-state index in [2.05, 4.69) is 39.4 Å². The Kier molecular flexibility index (Phi) is 7.06. The predicted molar refractivity (Wildman–Crippen MR) is 115 cm³/mol. The number of piperidine rings is 1. The number of rotatable bonds is 7. The Hall–Kier alpha value is -2.21. The first-order valence-electron chi connectivity index (χ1n) is 10.8. The van der Waals surface area contributed by atoms with Crippen LogP contribution in [0.3, 0.4) is 0 Å². The molecule has 29 heavy (non-hydrogen) atoms. The number of carbonyl (C=O) groups excluding carboxylic acids is 1. The summed E-state index contributed by atoms with van der Waals surface area (Å²) < 4.78 is 5.28. The highest BCUT2D eigenvalue weighted by atomic mass is 16.5. The minimum Gasteiger partial charge on any atom is -0.339 e. The summed E-state index contributed by atoms with van der Waals surface area (Å²) in [6.07, 6.45) is 5.65. The quantitative estimate of drug-likeness (QED) is 0.732. The van der Waals surface area contributed by atoms with E-state index in [1.165, 1.54) is 31.4 Å². The zero-order chi connectivity index (χ0) is 20.9. The van der Waals surface area contributed by atoms with Crippen LogP contribution in [-0.2, 0) is 23.2 Å². The molecule has 0 bridgehead atoms. The number of hydrogen-bond donors (Lipinski definition) is 1. The van der Waals surface area contributed by atoms with Crippen LogP contribution in [0.5, 0.6) is 0 Å². The Balaban J connectivity index is 1.41. The first-order valence-corrected chi connectivity index (χ1v) is 10.8. The van der Waals surface area contributed by atoms with E-state index in [0.717, 1.165) is 12.2 Å². The van der Waals surface area contributed by atoms with Crippen LogP contribution >= 0.6 is 0 Å². The van der Waals surface area contributed by atoms with E-state index in [-0.39, 0.29) is 11.3 Å². The van der Waals surface area contributed by atoms with E-state index in [9.17, 15) is 4.79 Å². The lowest BCUT2D eigenvalue weighted by Crippen LogP contribution is -2.36. The largest absolute Gasteiger partial charge is 0.339 e. The van der Waals surface area contributed by atoms with Crippen LogP contribution in [-0.4, -0.2) is 33.5 Å². The zero-order valence-corrected chi connectivity index (χ0v) is 18.2. The van der Waals surface area contributed by atoms with E-state index < -0.39 is 0 Å². The smallest absolute Gasteiger partial charge is 0.226 e. The first-order chi connectivity index (χ1) is 13.8. The summed E-state index contributed by atoms with van der Waals surface area (Å²) >= 11 is 0. The van der Waals surface area contributed by atoms with Crippen molar-refractivity contribution in [1.29, 1.82) is 0 Å². The summed E-state index contributed by atoms with van der Waals surface area (Å²) in [5, 5.41) is 7.00. The molecule has 1 saturated heterocycles. The predicted octanol–water partition coefficient (Wildman–Crippen LogP) is 4.70. The SMILES string of the molecule is CC1CCCCN1Cc1ccc(NC(=O)CCCc2nc(C(C)(C)C)no2)cc1. The van der Waals surface area contributed by atoms with Gasteiger partial charge in [-0.1, -0.05) is 44.5 Å². The number of likely N-dealkylation sites (tertiary alicyclic amines) is 1. The maximum Gasteiger partial charge on any atom is 0.226 e. The van der Waals surface area contributed by atoms with Gasteiger partial charge in [-0.2, -0.15) is 4.98 Å². The molecule has 1 aliphatic heterocycles. The lowest BCUT2D eigenvalue weighted by Gasteiger charge is -2.33. The molecule has 1 aromatic carbocycles. The van der Waals surface area contributed by atoms with E-state index in [0.29, 0.717) is 37.0 Å². The minimum atomic E-state index is -0.128. The highest BCUT2D eigenvalue weighted by molar-refractivity contribution is 5.90. The summed E-state index contributed by atoms with van der Waals surface area (Å²) in [7, 11) is 0. The van der Waals surface area contributed by atoms with E-state index in [4.69, 9.17) is 4.52 Å². The Bertz CT molecular complexity index is 792. The molecule has 1 unspecified atom stereocenters. The number of nitrogens with one attached hydrogen (secondary N) is 1. The lowest BCUT2D eigenvalue weighted by molar-refractivity contribution is -0.116. The van der Waals surface area contributed by atoms with Gasteiger partial charge in [-0.25, -0.2) is 0 Å². The number of aromatic nitrogens is 2. The molecule has 1 amide bonds. The molecule has 6 nitrogen and oxygen atoms in total. The summed E-state index contributed by atoms with van der Waals surface area (Å²) in [5.74, 6) is 1.31. The second-order valence-electron chi connectivity index (χ2n) is 9.18. The van der Waals surface area contributed by atoms with Gasteiger partial charge in [0.2, 0.25) is 11.8 Å². The Labute approximate surface area is 174 Å². The van der Waals surface area contributed by atoms with Crippen molar-refractivity contribution in [1.82, 2.24) is 15.0 Å². The molecule has 158 valence electrons. The normalized spacial score (nSPS) is 18.0. The summed E-state index contributed by atoms with van der Waals surface area (Å²) in [4.78, 5) is 19.2. The zero-order valence-electron chi connectivity index (χ0n) is 18.2. The number of anilines is 1. The van der Waals surface area contributed by atoms with Gasteiger partial charge in [0.1, 0.15) is 0 Å². The molecule has 6 heteroatoms. The molecule has 1 fully saturated rings. The highest BCUT2D eigenvalue weighted by Crippen LogP contribution is 2.21. The third-order valence-corrected chi connectivity index (χ3v) is 5.50. The van der Waals surface area contributed by atoms with Gasteiger partial charge in [-0.15, -0.1) is 0 Å². The molecular weight excluding hydrogens is 364 g/mol. The number of nitrogens with zero attached hydrogens (tertiary/aromatic N) is 3. The molecular formula is C23H34N4O2. The van der Waals surface area contributed by atoms with Crippen LogP contribution in [0.4, 0.5) is 5.69 Å². The second-order valence-corrected chi connectivity index (χ2v) is 9.18. The second kappa shape index (κ2) is 9.53. The molecule has 0 radical (unpaired) electrons. The standard InChI is InChI=1S/C23H34N4O2/c1-17-8-5-6-15-27(17)16-18-11-13-19(14-12-18)24-20(28)9-7-10-21-25-22(26-29-21)23(2,3)4/h11-14,17H,5-10,15-16H2,1-4H3,(H,24,28). The van der Waals surface area contributed by atoms with Crippen molar-refractivity contribution in [3.8, 4) is 0 Å². The summed E-state index contributed by atoms with van der Waals surface area (Å²) in [6, 6.07) is 8.87. The van der Waals surface area contributed by atoms with Crippen molar-refractivity contribution < 1.29 is 9.32 Å². The van der Waals surface area contributed by atoms with E-state index >= 15 is 0 Å². The van der Waals surface area contributed by atoms with Crippen molar-refractivity contribution in [3.05, 3.63) is 41.5 Å². The average molecular weight is 399 g/mol. The van der Waals surface area contributed by atoms with Crippen molar-refractivity contribution in [2.75, 3.05) is 11.9 Å². The molecule has 1 aliphatic rings. The number of amides is 1. The van der Waals surface area contributed by atoms with Gasteiger partial charge < -0.3 is 9.84 Å². The van der Waals surface area contributed by atoms with Crippen molar-refractivity contribution in [2.45, 2.75) is 84.2 Å². The van der Waals surface area contributed by atoms with Gasteiger partial charge in [0.15, 0.2) is 5.82 Å².